The smallest absolute Gasteiger partial charge is 0.408 e. The lowest BCUT2D eigenvalue weighted by atomic mass is 10.0. The summed E-state index contributed by atoms with van der Waals surface area (Å²) in [5.74, 6) is -0.401. The summed E-state index contributed by atoms with van der Waals surface area (Å²) < 4.78 is 45.2. The normalized spacial score (nSPS) is 18.3. The molecule has 4 N–H and O–H groups in total. The molecule has 1 saturated heterocycles. The number of ether oxygens (including phenoxy) is 3. The standard InChI is InChI=1S/C39H50N6O8S/c1-23-20-32(51-7)24(2)25(3)33(23)54(49,50)44-37(40)41-18-10-14-29-36(47)52-34(42-29)31-15-11-19-45(31)35(46)30(43-38(48)53-39(4,5)6)22-26-16-17-27-12-8-9-13-28(27)21-26/h8-9,12-13,16-17,20-21,29-31H,10-11,14-15,18-19,22H2,1-7H3,(H,43,48)(H3,40,41,44)/t29-,30?,31-/m0/s1. The summed E-state index contributed by atoms with van der Waals surface area (Å²) in [5, 5.41) is 4.86. The van der Waals surface area contributed by atoms with E-state index in [1.165, 1.54) is 7.11 Å². The monoisotopic (exact) mass is 762 g/mol. The predicted octanol–water partition coefficient (Wildman–Crippen LogP) is 4.60. The van der Waals surface area contributed by atoms with E-state index in [4.69, 9.17) is 19.9 Å². The molecule has 1 unspecified atom stereocenters. The highest BCUT2D eigenvalue weighted by Gasteiger charge is 2.42. The van der Waals surface area contributed by atoms with E-state index in [0.29, 0.717) is 48.2 Å². The van der Waals surface area contributed by atoms with Gasteiger partial charge in [-0.25, -0.2) is 27.7 Å². The molecular formula is C39H50N6O8S. The zero-order valence-corrected chi connectivity index (χ0v) is 32.7. The second-order valence-corrected chi connectivity index (χ2v) is 16.3. The van der Waals surface area contributed by atoms with E-state index in [1.807, 2.05) is 42.5 Å². The number of guanidine groups is 1. The third-order valence-electron chi connectivity index (χ3n) is 9.45. The Morgan fingerprint density at radius 3 is 2.52 bits per heavy atom. The van der Waals surface area contributed by atoms with Crippen LogP contribution in [0.4, 0.5) is 4.79 Å². The van der Waals surface area contributed by atoms with E-state index >= 15 is 0 Å². The first-order valence-corrected chi connectivity index (χ1v) is 19.5. The first kappa shape index (κ1) is 40.0. The summed E-state index contributed by atoms with van der Waals surface area (Å²) in [4.78, 5) is 50.5. The molecule has 290 valence electrons. The SMILES string of the molecule is COc1cc(C)c(S(=O)(=O)NC(N)=NCCC[C@@H]2N=C([C@@H]3CCCN3C(=O)C(Cc3ccc4ccccc4c3)NC(=O)OC(C)(C)C)OC2=O)c(C)c1C. The summed E-state index contributed by atoms with van der Waals surface area (Å²) in [5.41, 5.74) is 7.81. The number of esters is 1. The highest BCUT2D eigenvalue weighted by molar-refractivity contribution is 7.90. The Morgan fingerprint density at radius 2 is 1.81 bits per heavy atom. The summed E-state index contributed by atoms with van der Waals surface area (Å²) in [6, 6.07) is 13.1. The summed E-state index contributed by atoms with van der Waals surface area (Å²) in [6.07, 6.45) is 1.34. The minimum atomic E-state index is -4.03. The van der Waals surface area contributed by atoms with Crippen molar-refractivity contribution in [2.75, 3.05) is 20.2 Å². The minimum Gasteiger partial charge on any atom is -0.496 e. The molecule has 0 bridgehead atoms. The van der Waals surface area contributed by atoms with Crippen LogP contribution >= 0.6 is 0 Å². The number of nitrogens with one attached hydrogen (secondary N) is 2. The lowest BCUT2D eigenvalue weighted by molar-refractivity contribution is -0.137. The van der Waals surface area contributed by atoms with Gasteiger partial charge >= 0.3 is 12.1 Å². The molecule has 1 fully saturated rings. The number of hydrogen-bond acceptors (Lipinski definition) is 10. The Bertz CT molecular complexity index is 2090. The Hall–Kier alpha value is -5.18. The van der Waals surface area contributed by atoms with Gasteiger partial charge in [0.05, 0.1) is 12.0 Å². The molecule has 2 amide bonds. The molecule has 2 aliphatic rings. The average Bonchev–Trinajstić information content (AvgIpc) is 3.73. The lowest BCUT2D eigenvalue weighted by Gasteiger charge is -2.29. The number of nitrogens with two attached hydrogens (primary N) is 1. The van der Waals surface area contributed by atoms with E-state index < -0.39 is 45.8 Å². The second kappa shape index (κ2) is 16.5. The first-order chi connectivity index (χ1) is 25.5. The van der Waals surface area contributed by atoms with Gasteiger partial charge in [0.2, 0.25) is 17.8 Å². The van der Waals surface area contributed by atoms with Crippen LogP contribution in [0.1, 0.15) is 68.7 Å². The highest BCUT2D eigenvalue weighted by atomic mass is 32.2. The zero-order chi connectivity index (χ0) is 39.4. The quantitative estimate of drug-likeness (QED) is 0.102. The Kier molecular flexibility index (Phi) is 12.2. The van der Waals surface area contributed by atoms with Crippen molar-refractivity contribution in [1.29, 1.82) is 0 Å². The molecule has 14 nitrogen and oxygen atoms in total. The molecule has 3 aromatic carbocycles. The van der Waals surface area contributed by atoms with Crippen molar-refractivity contribution in [2.24, 2.45) is 15.7 Å². The van der Waals surface area contributed by atoms with Crippen molar-refractivity contribution in [3.63, 3.8) is 0 Å². The van der Waals surface area contributed by atoms with Crippen molar-refractivity contribution in [1.82, 2.24) is 14.9 Å². The maximum Gasteiger partial charge on any atom is 0.408 e. The van der Waals surface area contributed by atoms with Gasteiger partial charge in [-0.15, -0.1) is 0 Å². The third kappa shape index (κ3) is 9.48. The molecule has 0 spiro atoms. The van der Waals surface area contributed by atoms with Crippen LogP contribution in [0.25, 0.3) is 10.8 Å². The van der Waals surface area contributed by atoms with E-state index in [-0.39, 0.29) is 42.0 Å². The molecule has 54 heavy (non-hydrogen) atoms. The average molecular weight is 763 g/mol. The number of aryl methyl sites for hydroxylation is 1. The lowest BCUT2D eigenvalue weighted by Crippen LogP contribution is -2.53. The molecule has 5 rings (SSSR count). The number of carbonyl (C=O) groups is 3. The number of rotatable bonds is 12. The summed E-state index contributed by atoms with van der Waals surface area (Å²) >= 11 is 0. The van der Waals surface area contributed by atoms with Gasteiger partial charge in [0.15, 0.2) is 6.04 Å². The van der Waals surface area contributed by atoms with E-state index in [9.17, 15) is 22.8 Å². The number of alkyl carbamates (subject to hydrolysis) is 1. The van der Waals surface area contributed by atoms with Crippen molar-refractivity contribution in [2.45, 2.75) is 102 Å². The molecule has 0 radical (unpaired) electrons. The summed E-state index contributed by atoms with van der Waals surface area (Å²) in [7, 11) is -2.50. The van der Waals surface area contributed by atoms with Crippen LogP contribution in [0.3, 0.4) is 0 Å². The number of hydrogen-bond donors (Lipinski definition) is 3. The van der Waals surface area contributed by atoms with Gasteiger partial charge in [0.1, 0.15) is 23.4 Å². The summed E-state index contributed by atoms with van der Waals surface area (Å²) in [6.45, 7) is 10.9. The second-order valence-electron chi connectivity index (χ2n) is 14.7. The highest BCUT2D eigenvalue weighted by Crippen LogP contribution is 2.31. The van der Waals surface area contributed by atoms with Crippen LogP contribution in [-0.4, -0.2) is 87.1 Å². The molecule has 2 heterocycles. The van der Waals surface area contributed by atoms with Gasteiger partial charge in [-0.2, -0.15) is 0 Å². The van der Waals surface area contributed by atoms with Gasteiger partial charge in [-0.3, -0.25) is 9.79 Å². The number of fused-ring (bicyclic) bond motifs is 1. The Labute approximate surface area is 316 Å². The molecule has 0 aliphatic carbocycles. The zero-order valence-electron chi connectivity index (χ0n) is 31.9. The van der Waals surface area contributed by atoms with Crippen LogP contribution in [0.5, 0.6) is 5.75 Å². The number of methoxy groups -OCH3 is 1. The van der Waals surface area contributed by atoms with Gasteiger partial charge in [-0.1, -0.05) is 42.5 Å². The maximum atomic E-state index is 14.2. The number of benzene rings is 3. The van der Waals surface area contributed by atoms with E-state index in [2.05, 4.69) is 20.0 Å². The molecule has 3 atom stereocenters. The van der Waals surface area contributed by atoms with Crippen LogP contribution < -0.4 is 20.5 Å². The number of nitrogens with zero attached hydrogens (tertiary/aromatic N) is 3. The van der Waals surface area contributed by atoms with Crippen molar-refractivity contribution >= 4 is 50.6 Å². The third-order valence-corrected chi connectivity index (χ3v) is 11.1. The van der Waals surface area contributed by atoms with Crippen molar-refractivity contribution in [3.8, 4) is 5.75 Å². The van der Waals surface area contributed by atoms with Crippen LogP contribution in [0.15, 0.2) is 63.4 Å². The van der Waals surface area contributed by atoms with Gasteiger partial charge < -0.3 is 30.2 Å². The fraction of sp³-hybridized carbons (Fsp3) is 0.462. The first-order valence-electron chi connectivity index (χ1n) is 18.0. The van der Waals surface area contributed by atoms with Gasteiger partial charge in [-0.05, 0) is 106 Å². The van der Waals surface area contributed by atoms with Crippen LogP contribution in [0, 0.1) is 20.8 Å². The number of aliphatic imine (C=N–C) groups is 2. The van der Waals surface area contributed by atoms with Crippen LogP contribution in [-0.2, 0) is 35.5 Å². The number of amides is 2. The number of carbonyl (C=O) groups excluding carboxylic acids is 3. The van der Waals surface area contributed by atoms with Crippen molar-refractivity contribution < 1.29 is 37.0 Å². The topological polar surface area (TPSA) is 191 Å². The number of cyclic esters (lactones) is 1. The van der Waals surface area contributed by atoms with Crippen molar-refractivity contribution in [3.05, 3.63) is 70.8 Å². The molecule has 15 heteroatoms. The molecule has 0 saturated carbocycles. The molecule has 0 aromatic heterocycles. The predicted molar refractivity (Wildman–Crippen MR) is 206 cm³/mol. The maximum absolute atomic E-state index is 14.2. The van der Waals surface area contributed by atoms with Crippen LogP contribution in [0.2, 0.25) is 0 Å². The fourth-order valence-corrected chi connectivity index (χ4v) is 8.31. The Morgan fingerprint density at radius 1 is 1.09 bits per heavy atom. The minimum absolute atomic E-state index is 0.106. The fourth-order valence-electron chi connectivity index (χ4n) is 6.83. The number of sulfonamides is 1. The molecule has 2 aliphatic heterocycles. The van der Waals surface area contributed by atoms with Gasteiger partial charge in [0.25, 0.3) is 10.0 Å². The van der Waals surface area contributed by atoms with Gasteiger partial charge in [0, 0.05) is 19.5 Å². The molecular weight excluding hydrogens is 713 g/mol. The Balaban J connectivity index is 1.23. The van der Waals surface area contributed by atoms with E-state index in [0.717, 1.165) is 16.3 Å². The number of likely N-dealkylation sites (tertiary alicyclic amines) is 1. The van der Waals surface area contributed by atoms with E-state index in [1.54, 1.807) is 52.5 Å². The largest absolute Gasteiger partial charge is 0.496 e. The molecule has 3 aromatic rings.